The Morgan fingerprint density at radius 1 is 1.62 bits per heavy atom. The van der Waals surface area contributed by atoms with E-state index in [1.807, 2.05) is 6.92 Å². The number of hydrogen-bond donors (Lipinski definition) is 2. The summed E-state index contributed by atoms with van der Waals surface area (Å²) in [5.41, 5.74) is 5.57. The molecular formula is C9H12N4. The first-order valence-corrected chi connectivity index (χ1v) is 4.07. The van der Waals surface area contributed by atoms with Crippen LogP contribution in [0, 0.1) is 12.3 Å². The Kier molecular flexibility index (Phi) is 3.09. The molecule has 0 aliphatic carbocycles. The summed E-state index contributed by atoms with van der Waals surface area (Å²) < 4.78 is 0. The van der Waals surface area contributed by atoms with Crippen LogP contribution in [-0.2, 0) is 0 Å². The molecule has 68 valence electrons. The Hall–Kier alpha value is -1.76. The molecule has 0 aliphatic heterocycles. The second-order valence-electron chi connectivity index (χ2n) is 2.56. The van der Waals surface area contributed by atoms with Gasteiger partial charge in [-0.05, 0) is 6.42 Å². The van der Waals surface area contributed by atoms with Crippen LogP contribution in [0.15, 0.2) is 12.4 Å². The van der Waals surface area contributed by atoms with Crippen LogP contribution in [-0.4, -0.2) is 16.0 Å². The number of nitrogen functional groups attached to an aromatic ring is 1. The van der Waals surface area contributed by atoms with Crippen molar-refractivity contribution in [1.82, 2.24) is 9.97 Å². The van der Waals surface area contributed by atoms with Gasteiger partial charge in [-0.3, -0.25) is 0 Å². The molecule has 0 aliphatic rings. The molecule has 13 heavy (non-hydrogen) atoms. The highest BCUT2D eigenvalue weighted by Gasteiger charge is 2.05. The molecule has 1 atom stereocenters. The highest BCUT2D eigenvalue weighted by Crippen LogP contribution is 2.11. The topological polar surface area (TPSA) is 63.8 Å². The summed E-state index contributed by atoms with van der Waals surface area (Å²) in [7, 11) is 0. The van der Waals surface area contributed by atoms with Crippen molar-refractivity contribution in [3.05, 3.63) is 12.4 Å². The lowest BCUT2D eigenvalue weighted by atomic mass is 10.2. The number of rotatable bonds is 3. The summed E-state index contributed by atoms with van der Waals surface area (Å²) in [6.45, 7) is 1.99. The molecule has 3 N–H and O–H groups in total. The normalized spacial score (nSPS) is 11.7. The zero-order chi connectivity index (χ0) is 9.68. The van der Waals surface area contributed by atoms with E-state index < -0.39 is 0 Å². The number of hydrogen-bond acceptors (Lipinski definition) is 4. The maximum atomic E-state index is 5.57. The summed E-state index contributed by atoms with van der Waals surface area (Å²) in [6, 6.07) is -0.0426. The Balaban J connectivity index is 2.74. The number of terminal acetylenes is 1. The molecule has 0 spiro atoms. The molecule has 1 unspecified atom stereocenters. The van der Waals surface area contributed by atoms with Gasteiger partial charge in [0.2, 0.25) is 0 Å². The van der Waals surface area contributed by atoms with E-state index >= 15 is 0 Å². The van der Waals surface area contributed by atoms with Gasteiger partial charge >= 0.3 is 0 Å². The second kappa shape index (κ2) is 4.31. The molecule has 0 amide bonds. The van der Waals surface area contributed by atoms with Crippen LogP contribution in [0.4, 0.5) is 11.6 Å². The minimum atomic E-state index is -0.0426. The van der Waals surface area contributed by atoms with Crippen molar-refractivity contribution in [3.8, 4) is 12.3 Å². The molecule has 1 aromatic rings. The van der Waals surface area contributed by atoms with Crippen LogP contribution in [0.25, 0.3) is 0 Å². The van der Waals surface area contributed by atoms with Gasteiger partial charge in [0.05, 0.1) is 6.04 Å². The lowest BCUT2D eigenvalue weighted by molar-refractivity contribution is 0.850. The molecule has 0 aromatic carbocycles. The van der Waals surface area contributed by atoms with E-state index in [-0.39, 0.29) is 6.04 Å². The molecule has 1 aromatic heterocycles. The summed E-state index contributed by atoms with van der Waals surface area (Å²) in [5.74, 6) is 3.51. The number of nitrogens with one attached hydrogen (secondary N) is 1. The predicted octanol–water partition coefficient (Wildman–Crippen LogP) is 0.883. The highest BCUT2D eigenvalue weighted by molar-refractivity contribution is 5.56. The maximum Gasteiger partial charge on any atom is 0.169 e. The lowest BCUT2D eigenvalue weighted by Gasteiger charge is -2.11. The molecule has 4 heteroatoms. The van der Waals surface area contributed by atoms with Gasteiger partial charge in [0.1, 0.15) is 0 Å². The van der Waals surface area contributed by atoms with Crippen molar-refractivity contribution in [3.63, 3.8) is 0 Å². The van der Waals surface area contributed by atoms with Crippen LogP contribution < -0.4 is 11.1 Å². The molecule has 0 fully saturated rings. The Bertz CT molecular complexity index is 316. The molecule has 0 saturated carbocycles. The SMILES string of the molecule is C#CC(CC)Nc1nccnc1N. The van der Waals surface area contributed by atoms with Gasteiger partial charge in [0.25, 0.3) is 0 Å². The van der Waals surface area contributed by atoms with Crippen LogP contribution >= 0.6 is 0 Å². The summed E-state index contributed by atoms with van der Waals surface area (Å²) in [5, 5.41) is 3.01. The number of aromatic nitrogens is 2. The third-order valence-corrected chi connectivity index (χ3v) is 1.65. The fourth-order valence-corrected chi connectivity index (χ4v) is 0.887. The number of anilines is 2. The van der Waals surface area contributed by atoms with Crippen LogP contribution in [0.1, 0.15) is 13.3 Å². The van der Waals surface area contributed by atoms with E-state index in [0.717, 1.165) is 6.42 Å². The van der Waals surface area contributed by atoms with Gasteiger partial charge in [-0.1, -0.05) is 12.8 Å². The molecule has 1 rings (SSSR count). The summed E-state index contributed by atoms with van der Waals surface area (Å²) >= 11 is 0. The van der Waals surface area contributed by atoms with Gasteiger partial charge in [0.15, 0.2) is 11.6 Å². The standard InChI is InChI=1S/C9H12N4/c1-3-7(4-2)13-9-8(10)11-5-6-12-9/h1,5-7H,4H2,2H3,(H2,10,11)(H,12,13). The first-order chi connectivity index (χ1) is 6.27. The zero-order valence-electron chi connectivity index (χ0n) is 7.49. The van der Waals surface area contributed by atoms with Crippen molar-refractivity contribution in [1.29, 1.82) is 0 Å². The molecule has 4 nitrogen and oxygen atoms in total. The monoisotopic (exact) mass is 176 g/mol. The van der Waals surface area contributed by atoms with E-state index in [1.54, 1.807) is 6.20 Å². The van der Waals surface area contributed by atoms with Crippen LogP contribution in [0.2, 0.25) is 0 Å². The average molecular weight is 176 g/mol. The summed E-state index contributed by atoms with van der Waals surface area (Å²) in [6.07, 6.45) is 9.22. The minimum absolute atomic E-state index is 0.0426. The Morgan fingerprint density at radius 3 is 2.85 bits per heavy atom. The van der Waals surface area contributed by atoms with E-state index in [2.05, 4.69) is 21.2 Å². The third kappa shape index (κ3) is 2.34. The zero-order valence-corrected chi connectivity index (χ0v) is 7.49. The van der Waals surface area contributed by atoms with Gasteiger partial charge in [-0.15, -0.1) is 6.42 Å². The van der Waals surface area contributed by atoms with Crippen molar-refractivity contribution >= 4 is 11.6 Å². The average Bonchev–Trinajstić information content (AvgIpc) is 2.17. The largest absolute Gasteiger partial charge is 0.381 e. The van der Waals surface area contributed by atoms with Gasteiger partial charge < -0.3 is 11.1 Å². The lowest BCUT2D eigenvalue weighted by Crippen LogP contribution is -2.18. The first-order valence-electron chi connectivity index (χ1n) is 4.07. The van der Waals surface area contributed by atoms with Gasteiger partial charge in [0, 0.05) is 12.4 Å². The predicted molar refractivity (Wildman–Crippen MR) is 53.0 cm³/mol. The fourth-order valence-electron chi connectivity index (χ4n) is 0.887. The molecule has 0 radical (unpaired) electrons. The number of nitrogens with zero attached hydrogens (tertiary/aromatic N) is 2. The van der Waals surface area contributed by atoms with E-state index in [1.165, 1.54) is 6.20 Å². The maximum absolute atomic E-state index is 5.57. The van der Waals surface area contributed by atoms with E-state index in [9.17, 15) is 0 Å². The van der Waals surface area contributed by atoms with Crippen molar-refractivity contribution in [2.45, 2.75) is 19.4 Å². The van der Waals surface area contributed by atoms with Crippen molar-refractivity contribution in [2.75, 3.05) is 11.1 Å². The van der Waals surface area contributed by atoms with Gasteiger partial charge in [-0.2, -0.15) is 0 Å². The third-order valence-electron chi connectivity index (χ3n) is 1.65. The molecule has 0 bridgehead atoms. The van der Waals surface area contributed by atoms with Crippen molar-refractivity contribution in [2.24, 2.45) is 0 Å². The second-order valence-corrected chi connectivity index (χ2v) is 2.56. The van der Waals surface area contributed by atoms with Crippen molar-refractivity contribution < 1.29 is 0 Å². The Morgan fingerprint density at radius 2 is 2.31 bits per heavy atom. The van der Waals surface area contributed by atoms with Crippen LogP contribution in [0.5, 0.6) is 0 Å². The van der Waals surface area contributed by atoms with Gasteiger partial charge in [-0.25, -0.2) is 9.97 Å². The molecule has 0 saturated heterocycles. The highest BCUT2D eigenvalue weighted by atomic mass is 15.1. The Labute approximate surface area is 77.6 Å². The molecule has 1 heterocycles. The fraction of sp³-hybridized carbons (Fsp3) is 0.333. The summed E-state index contributed by atoms with van der Waals surface area (Å²) in [4.78, 5) is 7.90. The van der Waals surface area contributed by atoms with Crippen LogP contribution in [0.3, 0.4) is 0 Å². The quantitative estimate of drug-likeness (QED) is 0.671. The number of nitrogens with two attached hydrogens (primary N) is 1. The van der Waals surface area contributed by atoms with E-state index in [4.69, 9.17) is 12.2 Å². The van der Waals surface area contributed by atoms with E-state index in [0.29, 0.717) is 11.6 Å². The first kappa shape index (κ1) is 9.33. The minimum Gasteiger partial charge on any atom is -0.381 e. The molecular weight excluding hydrogens is 164 g/mol. The smallest absolute Gasteiger partial charge is 0.169 e.